The Morgan fingerprint density at radius 3 is 2.87 bits per heavy atom. The number of benzene rings is 1. The lowest BCUT2D eigenvalue weighted by Gasteiger charge is -2.31. The van der Waals surface area contributed by atoms with Gasteiger partial charge in [0.1, 0.15) is 19.0 Å². The SMILES string of the molecule is CC[C@@]1(O)C(=O)OCc2c1cc1n(c2=O)Cc2cc3cc(OCCO)ccc3nc2-1. The van der Waals surface area contributed by atoms with E-state index in [4.69, 9.17) is 19.6 Å². The minimum Gasteiger partial charge on any atom is -0.491 e. The number of ether oxygens (including phenoxy) is 2. The van der Waals surface area contributed by atoms with Crippen LogP contribution in [-0.2, 0) is 28.3 Å². The maximum atomic E-state index is 13.1. The van der Waals surface area contributed by atoms with Gasteiger partial charge in [0.25, 0.3) is 5.56 Å². The van der Waals surface area contributed by atoms with Gasteiger partial charge in [0.2, 0.25) is 0 Å². The smallest absolute Gasteiger partial charge is 0.343 e. The Kier molecular flexibility index (Phi) is 4.16. The van der Waals surface area contributed by atoms with E-state index in [0.717, 1.165) is 16.5 Å². The van der Waals surface area contributed by atoms with Crippen molar-refractivity contribution in [3.8, 4) is 17.1 Å². The Morgan fingerprint density at radius 1 is 1.27 bits per heavy atom. The van der Waals surface area contributed by atoms with Crippen molar-refractivity contribution in [2.45, 2.75) is 32.1 Å². The standard InChI is InChI=1S/C22H20N2O6/c1-2-22(28)16-9-18-19-13(10-24(18)20(26)15(16)11-30-21(22)27)7-12-8-14(29-6-5-25)3-4-17(12)23-19/h3-4,7-9,25,28H,2,5-6,10-11H2,1H3/t22-/m0/s1. The maximum Gasteiger partial charge on any atom is 0.343 e. The molecule has 0 aliphatic carbocycles. The number of hydrogen-bond donors (Lipinski definition) is 2. The molecule has 0 saturated carbocycles. The van der Waals surface area contributed by atoms with Crippen LogP contribution in [0.15, 0.2) is 35.1 Å². The van der Waals surface area contributed by atoms with E-state index in [1.165, 1.54) is 0 Å². The Morgan fingerprint density at radius 2 is 2.10 bits per heavy atom. The van der Waals surface area contributed by atoms with E-state index in [1.54, 1.807) is 23.6 Å². The molecule has 2 aromatic heterocycles. The minimum atomic E-state index is -1.83. The van der Waals surface area contributed by atoms with Gasteiger partial charge in [-0.05, 0) is 36.8 Å². The van der Waals surface area contributed by atoms with Crippen LogP contribution in [-0.4, -0.2) is 38.9 Å². The van der Waals surface area contributed by atoms with Gasteiger partial charge in [-0.3, -0.25) is 4.79 Å². The Balaban J connectivity index is 1.67. The largest absolute Gasteiger partial charge is 0.491 e. The van der Waals surface area contributed by atoms with Crippen LogP contribution in [0.3, 0.4) is 0 Å². The first kappa shape index (κ1) is 18.8. The average Bonchev–Trinajstić information content (AvgIpc) is 3.11. The lowest BCUT2D eigenvalue weighted by molar-refractivity contribution is -0.172. The number of aromatic nitrogens is 2. The van der Waals surface area contributed by atoms with E-state index in [2.05, 4.69) is 0 Å². The molecule has 3 aromatic rings. The molecule has 4 heterocycles. The van der Waals surface area contributed by atoms with Crippen molar-refractivity contribution in [1.29, 1.82) is 0 Å². The van der Waals surface area contributed by atoms with E-state index in [-0.39, 0.29) is 31.8 Å². The number of esters is 1. The van der Waals surface area contributed by atoms with Crippen LogP contribution in [0.2, 0.25) is 0 Å². The van der Waals surface area contributed by atoms with Crippen LogP contribution in [0.5, 0.6) is 5.75 Å². The van der Waals surface area contributed by atoms with Gasteiger partial charge >= 0.3 is 5.97 Å². The average molecular weight is 408 g/mol. The second-order valence-corrected chi connectivity index (χ2v) is 7.53. The molecule has 2 N–H and O–H groups in total. The van der Waals surface area contributed by atoms with Gasteiger partial charge in [-0.25, -0.2) is 9.78 Å². The van der Waals surface area contributed by atoms with Crippen LogP contribution >= 0.6 is 0 Å². The zero-order chi connectivity index (χ0) is 21.0. The third-order valence-electron chi connectivity index (χ3n) is 5.84. The van der Waals surface area contributed by atoms with Crippen molar-refractivity contribution in [3.05, 3.63) is 57.4 Å². The van der Waals surface area contributed by atoms with Gasteiger partial charge in [0, 0.05) is 16.5 Å². The summed E-state index contributed by atoms with van der Waals surface area (Å²) in [5.41, 5.74) is 1.33. The van der Waals surface area contributed by atoms with E-state index >= 15 is 0 Å². The third kappa shape index (κ3) is 2.57. The molecule has 0 bridgehead atoms. The normalized spacial score (nSPS) is 19.2. The van der Waals surface area contributed by atoms with Crippen molar-refractivity contribution < 1.29 is 24.5 Å². The zero-order valence-electron chi connectivity index (χ0n) is 16.3. The monoisotopic (exact) mass is 408 g/mol. The molecule has 2 aliphatic rings. The molecular formula is C22H20N2O6. The quantitative estimate of drug-likeness (QED) is 0.492. The number of carbonyl (C=O) groups is 1. The first-order chi connectivity index (χ1) is 14.5. The van der Waals surface area contributed by atoms with Crippen LogP contribution in [0, 0.1) is 0 Å². The molecule has 1 aromatic carbocycles. The summed E-state index contributed by atoms with van der Waals surface area (Å²) in [4.78, 5) is 30.1. The van der Waals surface area contributed by atoms with Crippen LogP contribution in [0.25, 0.3) is 22.3 Å². The first-order valence-corrected chi connectivity index (χ1v) is 9.80. The molecule has 30 heavy (non-hydrogen) atoms. The second-order valence-electron chi connectivity index (χ2n) is 7.53. The molecule has 2 aliphatic heterocycles. The van der Waals surface area contributed by atoms with Gasteiger partial charge < -0.3 is 24.3 Å². The number of hydrogen-bond acceptors (Lipinski definition) is 7. The second kappa shape index (κ2) is 6.65. The molecular weight excluding hydrogens is 388 g/mol. The number of carbonyl (C=O) groups excluding carboxylic acids is 1. The molecule has 0 radical (unpaired) electrons. The summed E-state index contributed by atoms with van der Waals surface area (Å²) in [6.07, 6.45) is 0.107. The fourth-order valence-electron chi connectivity index (χ4n) is 4.22. The predicted molar refractivity (Wildman–Crippen MR) is 107 cm³/mol. The van der Waals surface area contributed by atoms with Crippen molar-refractivity contribution in [2.75, 3.05) is 13.2 Å². The van der Waals surface area contributed by atoms with Crippen molar-refractivity contribution in [2.24, 2.45) is 0 Å². The summed E-state index contributed by atoms with van der Waals surface area (Å²) in [5, 5.41) is 20.7. The number of rotatable bonds is 4. The number of fused-ring (bicyclic) bond motifs is 5. The van der Waals surface area contributed by atoms with Crippen LogP contribution < -0.4 is 10.3 Å². The van der Waals surface area contributed by atoms with Gasteiger partial charge in [-0.2, -0.15) is 0 Å². The number of cyclic esters (lactones) is 1. The molecule has 0 unspecified atom stereocenters. The van der Waals surface area contributed by atoms with Crippen LogP contribution in [0.1, 0.15) is 30.0 Å². The fraction of sp³-hybridized carbons (Fsp3) is 0.318. The zero-order valence-corrected chi connectivity index (χ0v) is 16.3. The highest BCUT2D eigenvalue weighted by Gasteiger charge is 2.45. The Hall–Kier alpha value is -3.23. The van der Waals surface area contributed by atoms with Gasteiger partial charge in [-0.15, -0.1) is 0 Å². The fourth-order valence-corrected chi connectivity index (χ4v) is 4.22. The van der Waals surface area contributed by atoms with E-state index in [0.29, 0.717) is 34.8 Å². The summed E-state index contributed by atoms with van der Waals surface area (Å²) in [6, 6.07) is 9.10. The van der Waals surface area contributed by atoms with E-state index in [9.17, 15) is 14.7 Å². The van der Waals surface area contributed by atoms with E-state index < -0.39 is 11.6 Å². The summed E-state index contributed by atoms with van der Waals surface area (Å²) < 4.78 is 12.2. The number of aliphatic hydroxyl groups excluding tert-OH is 1. The Bertz CT molecular complexity index is 1260. The van der Waals surface area contributed by atoms with E-state index in [1.807, 2.05) is 18.2 Å². The topological polar surface area (TPSA) is 111 Å². The maximum absolute atomic E-state index is 13.1. The lowest BCUT2D eigenvalue weighted by Crippen LogP contribution is -2.44. The molecule has 8 nitrogen and oxygen atoms in total. The highest BCUT2D eigenvalue weighted by molar-refractivity contribution is 5.87. The highest BCUT2D eigenvalue weighted by atomic mass is 16.6. The number of pyridine rings is 2. The molecule has 0 saturated heterocycles. The van der Waals surface area contributed by atoms with Gasteiger partial charge in [-0.1, -0.05) is 6.92 Å². The lowest BCUT2D eigenvalue weighted by atomic mass is 9.86. The Labute approximate surface area is 171 Å². The van der Waals surface area contributed by atoms with Crippen molar-refractivity contribution in [1.82, 2.24) is 9.55 Å². The molecule has 154 valence electrons. The molecule has 0 spiro atoms. The highest BCUT2D eigenvalue weighted by Crippen LogP contribution is 2.38. The van der Waals surface area contributed by atoms with Crippen molar-refractivity contribution >= 4 is 16.9 Å². The number of aliphatic hydroxyl groups is 2. The first-order valence-electron chi connectivity index (χ1n) is 9.80. The van der Waals surface area contributed by atoms with Gasteiger partial charge in [0.05, 0.1) is 35.6 Å². The molecule has 8 heteroatoms. The number of nitrogens with zero attached hydrogens (tertiary/aromatic N) is 2. The predicted octanol–water partition coefficient (Wildman–Crippen LogP) is 1.45. The summed E-state index contributed by atoms with van der Waals surface area (Å²) in [6.45, 7) is 2.02. The molecule has 5 rings (SSSR count). The third-order valence-corrected chi connectivity index (χ3v) is 5.84. The minimum absolute atomic E-state index is 0.0697. The summed E-state index contributed by atoms with van der Waals surface area (Å²) >= 11 is 0. The summed E-state index contributed by atoms with van der Waals surface area (Å²) in [7, 11) is 0. The van der Waals surface area contributed by atoms with Crippen LogP contribution in [0.4, 0.5) is 0 Å². The molecule has 0 amide bonds. The van der Waals surface area contributed by atoms with Crippen molar-refractivity contribution in [3.63, 3.8) is 0 Å². The molecule has 0 fully saturated rings. The van der Waals surface area contributed by atoms with Gasteiger partial charge in [0.15, 0.2) is 5.60 Å². The summed E-state index contributed by atoms with van der Waals surface area (Å²) in [5.74, 6) is -0.105. The molecule has 1 atom stereocenters.